The lowest BCUT2D eigenvalue weighted by atomic mass is 9.80. The second kappa shape index (κ2) is 8.99. The molecule has 10 heteroatoms. The highest BCUT2D eigenvalue weighted by molar-refractivity contribution is 5.96. The summed E-state index contributed by atoms with van der Waals surface area (Å²) in [5, 5.41) is 7.09. The molecule has 0 unspecified atom stereocenters. The van der Waals surface area contributed by atoms with Gasteiger partial charge in [0.1, 0.15) is 5.82 Å². The third-order valence-electron chi connectivity index (χ3n) is 5.77. The normalized spacial score (nSPS) is 20.1. The highest BCUT2D eigenvalue weighted by Crippen LogP contribution is 2.37. The monoisotopic (exact) mass is 441 g/mol. The third kappa shape index (κ3) is 4.75. The molecule has 0 aliphatic heterocycles. The lowest BCUT2D eigenvalue weighted by Crippen LogP contribution is -2.49. The minimum Gasteiger partial charge on any atom is -0.369 e. The molecule has 2 heterocycles. The van der Waals surface area contributed by atoms with Crippen LogP contribution in [0.15, 0.2) is 42.7 Å². The molecule has 0 saturated heterocycles. The van der Waals surface area contributed by atoms with Crippen LogP contribution in [0.5, 0.6) is 0 Å². The number of hydrogen-bond acceptors (Lipinski definition) is 7. The van der Waals surface area contributed by atoms with Crippen molar-refractivity contribution in [3.8, 4) is 0 Å². The van der Waals surface area contributed by atoms with Crippen molar-refractivity contribution in [3.05, 3.63) is 48.4 Å². The molecule has 1 amide bonds. The van der Waals surface area contributed by atoms with E-state index in [1.165, 1.54) is 6.20 Å². The SMILES string of the molecule is NC(=O)c1ncc(NCC[C@@H]2CCCC(F)(F)[C@@H]2N)nc1Nc1ccc2ncccc2c1. The summed E-state index contributed by atoms with van der Waals surface area (Å²) in [7, 11) is 0. The molecule has 6 N–H and O–H groups in total. The number of fused-ring (bicyclic) bond motifs is 1. The first-order valence-corrected chi connectivity index (χ1v) is 10.5. The van der Waals surface area contributed by atoms with Crippen LogP contribution in [0.4, 0.5) is 26.1 Å². The number of carbonyl (C=O) groups is 1. The highest BCUT2D eigenvalue weighted by Gasteiger charge is 2.44. The van der Waals surface area contributed by atoms with Gasteiger partial charge in [0.15, 0.2) is 11.5 Å². The van der Waals surface area contributed by atoms with Gasteiger partial charge in [-0.25, -0.2) is 18.7 Å². The number of nitrogens with zero attached hydrogens (tertiary/aromatic N) is 3. The third-order valence-corrected chi connectivity index (χ3v) is 5.77. The van der Waals surface area contributed by atoms with Gasteiger partial charge in [-0.2, -0.15) is 0 Å². The molecule has 4 rings (SSSR count). The second-order valence-electron chi connectivity index (χ2n) is 8.01. The van der Waals surface area contributed by atoms with Gasteiger partial charge < -0.3 is 22.1 Å². The van der Waals surface area contributed by atoms with Crippen LogP contribution in [0.3, 0.4) is 0 Å². The van der Waals surface area contributed by atoms with E-state index < -0.39 is 17.9 Å². The predicted molar refractivity (Wildman–Crippen MR) is 119 cm³/mol. The zero-order valence-corrected chi connectivity index (χ0v) is 17.4. The standard InChI is InChI=1S/C22H25F2N7O/c23-22(24)8-1-3-13(19(22)25)7-10-28-17-12-29-18(20(26)32)21(31-17)30-15-5-6-16-14(11-15)4-2-9-27-16/h2,4-6,9,11-13,19H,1,3,7-8,10,25H2,(H2,26,32)(H2,28,30,31)/t13-,19+/m0/s1. The van der Waals surface area contributed by atoms with Crippen molar-refractivity contribution in [2.75, 3.05) is 17.2 Å². The summed E-state index contributed by atoms with van der Waals surface area (Å²) in [6.07, 6.45) is 4.57. The molecule has 2 aromatic heterocycles. The Balaban J connectivity index is 1.47. The van der Waals surface area contributed by atoms with Crippen molar-refractivity contribution in [1.29, 1.82) is 0 Å². The number of halogens is 2. The van der Waals surface area contributed by atoms with Gasteiger partial charge >= 0.3 is 0 Å². The Hall–Kier alpha value is -3.40. The van der Waals surface area contributed by atoms with Crippen molar-refractivity contribution in [3.63, 3.8) is 0 Å². The molecular weight excluding hydrogens is 416 g/mol. The number of aromatic nitrogens is 3. The fourth-order valence-corrected chi connectivity index (χ4v) is 4.03. The molecule has 32 heavy (non-hydrogen) atoms. The summed E-state index contributed by atoms with van der Waals surface area (Å²) in [5.74, 6) is -3.21. The summed E-state index contributed by atoms with van der Waals surface area (Å²) in [6.45, 7) is 0.403. The maximum absolute atomic E-state index is 13.9. The quantitative estimate of drug-likeness (QED) is 0.442. The Morgan fingerprint density at radius 2 is 2.09 bits per heavy atom. The smallest absolute Gasteiger partial charge is 0.271 e. The Labute approximate surface area is 183 Å². The average Bonchev–Trinajstić information content (AvgIpc) is 2.76. The van der Waals surface area contributed by atoms with E-state index in [-0.39, 0.29) is 23.9 Å². The Morgan fingerprint density at radius 3 is 2.91 bits per heavy atom. The molecule has 1 aromatic carbocycles. The molecule has 1 fully saturated rings. The van der Waals surface area contributed by atoms with E-state index in [9.17, 15) is 13.6 Å². The maximum Gasteiger partial charge on any atom is 0.271 e. The minimum absolute atomic E-state index is 0.00391. The topological polar surface area (TPSA) is 132 Å². The van der Waals surface area contributed by atoms with Gasteiger partial charge in [-0.3, -0.25) is 9.78 Å². The van der Waals surface area contributed by atoms with Gasteiger partial charge in [-0.05, 0) is 49.4 Å². The van der Waals surface area contributed by atoms with Crippen LogP contribution in [0.25, 0.3) is 10.9 Å². The molecule has 1 aliphatic rings. The maximum atomic E-state index is 13.9. The number of benzene rings is 1. The van der Waals surface area contributed by atoms with Crippen LogP contribution in [-0.4, -0.2) is 39.4 Å². The molecule has 1 aliphatic carbocycles. The second-order valence-corrected chi connectivity index (χ2v) is 8.01. The number of alkyl halides is 2. The molecule has 2 atom stereocenters. The van der Waals surface area contributed by atoms with E-state index in [1.54, 1.807) is 6.20 Å². The van der Waals surface area contributed by atoms with Gasteiger partial charge in [-0.15, -0.1) is 0 Å². The first-order chi connectivity index (χ1) is 15.3. The zero-order chi connectivity index (χ0) is 22.7. The van der Waals surface area contributed by atoms with Crippen molar-refractivity contribution in [1.82, 2.24) is 15.0 Å². The number of carbonyl (C=O) groups excluding carboxylic acids is 1. The van der Waals surface area contributed by atoms with Crippen molar-refractivity contribution >= 4 is 34.1 Å². The first-order valence-electron chi connectivity index (χ1n) is 10.5. The summed E-state index contributed by atoms with van der Waals surface area (Å²) in [6, 6.07) is 8.15. The van der Waals surface area contributed by atoms with E-state index in [0.29, 0.717) is 37.3 Å². The molecule has 3 aromatic rings. The lowest BCUT2D eigenvalue weighted by Gasteiger charge is -2.35. The average molecular weight is 441 g/mol. The minimum atomic E-state index is -2.82. The van der Waals surface area contributed by atoms with Crippen molar-refractivity contribution in [2.24, 2.45) is 17.4 Å². The van der Waals surface area contributed by atoms with E-state index in [0.717, 1.165) is 10.9 Å². The highest BCUT2D eigenvalue weighted by atomic mass is 19.3. The molecule has 0 bridgehead atoms. The van der Waals surface area contributed by atoms with Gasteiger partial charge in [0.25, 0.3) is 11.8 Å². The van der Waals surface area contributed by atoms with E-state index in [2.05, 4.69) is 25.6 Å². The fraction of sp³-hybridized carbons (Fsp3) is 0.364. The number of primary amides is 1. The van der Waals surface area contributed by atoms with Gasteiger partial charge in [0.2, 0.25) is 0 Å². The largest absolute Gasteiger partial charge is 0.369 e. The summed E-state index contributed by atoms with van der Waals surface area (Å²) < 4.78 is 27.7. The Morgan fingerprint density at radius 1 is 1.25 bits per heavy atom. The van der Waals surface area contributed by atoms with Crippen LogP contribution in [0.2, 0.25) is 0 Å². The number of amides is 1. The number of nitrogens with one attached hydrogen (secondary N) is 2. The van der Waals surface area contributed by atoms with Crippen LogP contribution in [0.1, 0.15) is 36.2 Å². The number of rotatable bonds is 7. The number of hydrogen-bond donors (Lipinski definition) is 4. The van der Waals surface area contributed by atoms with Gasteiger partial charge in [0, 0.05) is 30.2 Å². The fourth-order valence-electron chi connectivity index (χ4n) is 4.03. The Kier molecular flexibility index (Phi) is 6.13. The van der Waals surface area contributed by atoms with E-state index in [4.69, 9.17) is 11.5 Å². The number of pyridine rings is 1. The Bertz CT molecular complexity index is 1120. The van der Waals surface area contributed by atoms with E-state index in [1.807, 2.05) is 30.3 Å². The molecule has 1 saturated carbocycles. The molecular formula is C22H25F2N7O. The van der Waals surface area contributed by atoms with Crippen LogP contribution < -0.4 is 22.1 Å². The van der Waals surface area contributed by atoms with Crippen molar-refractivity contribution < 1.29 is 13.6 Å². The van der Waals surface area contributed by atoms with Crippen LogP contribution in [0, 0.1) is 5.92 Å². The molecule has 0 radical (unpaired) electrons. The molecule has 8 nitrogen and oxygen atoms in total. The van der Waals surface area contributed by atoms with Crippen LogP contribution >= 0.6 is 0 Å². The van der Waals surface area contributed by atoms with Gasteiger partial charge in [0.05, 0.1) is 17.8 Å². The summed E-state index contributed by atoms with van der Waals surface area (Å²) >= 11 is 0. The zero-order valence-electron chi connectivity index (χ0n) is 17.4. The summed E-state index contributed by atoms with van der Waals surface area (Å²) in [5.41, 5.74) is 12.7. The van der Waals surface area contributed by atoms with E-state index >= 15 is 0 Å². The number of anilines is 3. The number of nitrogens with two attached hydrogens (primary N) is 2. The first kappa shape index (κ1) is 21.8. The molecule has 168 valence electrons. The summed E-state index contributed by atoms with van der Waals surface area (Å²) in [4.78, 5) is 24.6. The molecule has 0 spiro atoms. The van der Waals surface area contributed by atoms with Gasteiger partial charge in [-0.1, -0.05) is 6.07 Å². The predicted octanol–water partition coefficient (Wildman–Crippen LogP) is 3.43. The van der Waals surface area contributed by atoms with Crippen molar-refractivity contribution in [2.45, 2.75) is 37.6 Å². The van der Waals surface area contributed by atoms with Crippen LogP contribution in [-0.2, 0) is 0 Å². The lowest BCUT2D eigenvalue weighted by molar-refractivity contribution is -0.0724.